The van der Waals surface area contributed by atoms with Gasteiger partial charge in [-0.25, -0.2) is 0 Å². The fourth-order valence-corrected chi connectivity index (χ4v) is 2.75. The van der Waals surface area contributed by atoms with Gasteiger partial charge in [-0.15, -0.1) is 0 Å². The minimum Gasteiger partial charge on any atom is -0.390 e. The maximum Gasteiger partial charge on any atom is 0.0908 e. The molecule has 1 saturated carbocycles. The first-order valence-electron chi connectivity index (χ1n) is 6.64. The third-order valence-electron chi connectivity index (χ3n) is 4.10. The molecule has 2 rings (SSSR count). The van der Waals surface area contributed by atoms with Crippen LogP contribution in [-0.2, 0) is 6.42 Å². The van der Waals surface area contributed by atoms with Gasteiger partial charge in [-0.1, -0.05) is 30.7 Å². The molecular weight excluding hydrogens is 248 g/mol. The van der Waals surface area contributed by atoms with E-state index in [1.165, 1.54) is 0 Å². The maximum atomic E-state index is 10.5. The van der Waals surface area contributed by atoms with Crippen LogP contribution in [0.4, 0.5) is 0 Å². The predicted octanol–water partition coefficient (Wildman–Crippen LogP) is 3.18. The van der Waals surface area contributed by atoms with Crippen molar-refractivity contribution in [3.63, 3.8) is 0 Å². The summed E-state index contributed by atoms with van der Waals surface area (Å²) < 4.78 is 0. The highest BCUT2D eigenvalue weighted by Crippen LogP contribution is 2.35. The Labute approximate surface area is 114 Å². The molecule has 0 radical (unpaired) electrons. The highest BCUT2D eigenvalue weighted by Gasteiger charge is 2.38. The van der Waals surface area contributed by atoms with E-state index in [0.717, 1.165) is 18.4 Å². The van der Waals surface area contributed by atoms with Gasteiger partial charge in [0.2, 0.25) is 0 Å². The van der Waals surface area contributed by atoms with Crippen molar-refractivity contribution < 1.29 is 10.2 Å². The van der Waals surface area contributed by atoms with Gasteiger partial charge in [0.15, 0.2) is 0 Å². The summed E-state index contributed by atoms with van der Waals surface area (Å²) in [4.78, 5) is 0. The number of aliphatic hydroxyl groups is 2. The molecule has 0 aromatic heterocycles. The van der Waals surface area contributed by atoms with E-state index in [2.05, 4.69) is 6.92 Å². The first kappa shape index (κ1) is 13.9. The van der Waals surface area contributed by atoms with Crippen molar-refractivity contribution >= 4 is 11.6 Å². The Morgan fingerprint density at radius 1 is 1.28 bits per heavy atom. The molecule has 0 saturated heterocycles. The molecule has 1 fully saturated rings. The van der Waals surface area contributed by atoms with Crippen molar-refractivity contribution in [1.29, 1.82) is 0 Å². The smallest absolute Gasteiger partial charge is 0.0908 e. The highest BCUT2D eigenvalue weighted by atomic mass is 35.5. The highest BCUT2D eigenvalue weighted by molar-refractivity contribution is 6.30. The van der Waals surface area contributed by atoms with Crippen LogP contribution in [0.25, 0.3) is 0 Å². The molecule has 1 aliphatic rings. The summed E-state index contributed by atoms with van der Waals surface area (Å²) in [7, 11) is 0. The average Bonchev–Trinajstić information content (AvgIpc) is 2.36. The largest absolute Gasteiger partial charge is 0.390 e. The van der Waals surface area contributed by atoms with Crippen molar-refractivity contribution in [2.45, 2.75) is 50.7 Å². The van der Waals surface area contributed by atoms with Gasteiger partial charge in [-0.3, -0.25) is 0 Å². The minimum absolute atomic E-state index is 0.488. The monoisotopic (exact) mass is 268 g/mol. The maximum absolute atomic E-state index is 10.5. The second-order valence-corrected chi connectivity index (χ2v) is 6.07. The lowest BCUT2D eigenvalue weighted by atomic mass is 9.75. The van der Waals surface area contributed by atoms with Gasteiger partial charge < -0.3 is 10.2 Å². The quantitative estimate of drug-likeness (QED) is 0.884. The minimum atomic E-state index is -0.911. The first-order chi connectivity index (χ1) is 8.49. The van der Waals surface area contributed by atoms with Gasteiger partial charge in [-0.2, -0.15) is 0 Å². The van der Waals surface area contributed by atoms with Crippen molar-refractivity contribution in [1.82, 2.24) is 0 Å². The topological polar surface area (TPSA) is 40.5 Å². The van der Waals surface area contributed by atoms with Crippen LogP contribution in [0.3, 0.4) is 0 Å². The molecular formula is C15H21ClO2. The Morgan fingerprint density at radius 3 is 2.39 bits per heavy atom. The van der Waals surface area contributed by atoms with E-state index in [1.54, 1.807) is 0 Å². The van der Waals surface area contributed by atoms with E-state index in [0.29, 0.717) is 30.2 Å². The molecule has 2 N–H and O–H groups in total. The molecule has 1 aliphatic carbocycles. The van der Waals surface area contributed by atoms with Crippen molar-refractivity contribution in [2.75, 3.05) is 0 Å². The number of halogens is 1. The zero-order chi connectivity index (χ0) is 13.2. The summed E-state index contributed by atoms with van der Waals surface area (Å²) in [5.41, 5.74) is 0.102. The van der Waals surface area contributed by atoms with E-state index in [1.807, 2.05) is 24.3 Å². The molecule has 0 aliphatic heterocycles. The molecule has 2 nitrogen and oxygen atoms in total. The van der Waals surface area contributed by atoms with Gasteiger partial charge in [0.1, 0.15) is 0 Å². The van der Waals surface area contributed by atoms with Crippen LogP contribution < -0.4 is 0 Å². The summed E-state index contributed by atoms with van der Waals surface area (Å²) >= 11 is 5.83. The molecule has 0 heterocycles. The van der Waals surface area contributed by atoms with Crippen molar-refractivity contribution in [3.8, 4) is 0 Å². The van der Waals surface area contributed by atoms with Gasteiger partial charge in [0.05, 0.1) is 11.7 Å². The van der Waals surface area contributed by atoms with Gasteiger partial charge in [0.25, 0.3) is 0 Å². The van der Waals surface area contributed by atoms with Crippen LogP contribution in [0.15, 0.2) is 24.3 Å². The van der Waals surface area contributed by atoms with E-state index in [-0.39, 0.29) is 0 Å². The molecule has 1 unspecified atom stereocenters. The first-order valence-corrected chi connectivity index (χ1v) is 7.02. The number of hydrogen-bond acceptors (Lipinski definition) is 2. The number of aliphatic hydroxyl groups excluding tert-OH is 1. The lowest BCUT2D eigenvalue weighted by molar-refractivity contribution is -0.102. The molecule has 0 spiro atoms. The third-order valence-corrected chi connectivity index (χ3v) is 4.35. The van der Waals surface area contributed by atoms with Crippen LogP contribution in [0.5, 0.6) is 0 Å². The number of hydrogen-bond donors (Lipinski definition) is 2. The summed E-state index contributed by atoms with van der Waals surface area (Å²) in [5.74, 6) is 0.660. The molecule has 100 valence electrons. The third kappa shape index (κ3) is 3.25. The number of benzene rings is 1. The van der Waals surface area contributed by atoms with Crippen LogP contribution in [0.1, 0.15) is 38.2 Å². The second-order valence-electron chi connectivity index (χ2n) is 5.63. The van der Waals surface area contributed by atoms with E-state index < -0.39 is 11.7 Å². The van der Waals surface area contributed by atoms with Crippen LogP contribution in [0, 0.1) is 5.92 Å². The summed E-state index contributed by atoms with van der Waals surface area (Å²) in [6, 6.07) is 7.44. The van der Waals surface area contributed by atoms with Crippen molar-refractivity contribution in [3.05, 3.63) is 34.9 Å². The van der Waals surface area contributed by atoms with Crippen LogP contribution >= 0.6 is 11.6 Å². The fourth-order valence-electron chi connectivity index (χ4n) is 2.63. The average molecular weight is 269 g/mol. The Kier molecular flexibility index (Phi) is 4.31. The van der Waals surface area contributed by atoms with E-state index in [9.17, 15) is 10.2 Å². The number of rotatable bonds is 3. The zero-order valence-corrected chi connectivity index (χ0v) is 11.5. The summed E-state index contributed by atoms with van der Waals surface area (Å²) in [6.07, 6.45) is 3.18. The Bertz CT molecular complexity index is 380. The molecule has 0 bridgehead atoms. The molecule has 3 heteroatoms. The Balaban J connectivity index is 1.98. The van der Waals surface area contributed by atoms with Crippen LogP contribution in [0.2, 0.25) is 5.02 Å². The van der Waals surface area contributed by atoms with Crippen molar-refractivity contribution in [2.24, 2.45) is 5.92 Å². The fraction of sp³-hybridized carbons (Fsp3) is 0.600. The van der Waals surface area contributed by atoms with E-state index in [4.69, 9.17) is 11.6 Å². The normalized spacial score (nSPS) is 30.1. The standard InChI is InChI=1S/C15H21ClO2/c1-11-6-8-15(18,9-7-11)14(17)10-12-2-4-13(16)5-3-12/h2-5,11,14,17-18H,6-10H2,1H3. The van der Waals surface area contributed by atoms with Gasteiger partial charge >= 0.3 is 0 Å². The Morgan fingerprint density at radius 2 is 1.83 bits per heavy atom. The van der Waals surface area contributed by atoms with E-state index >= 15 is 0 Å². The molecule has 18 heavy (non-hydrogen) atoms. The van der Waals surface area contributed by atoms with Gasteiger partial charge in [0, 0.05) is 11.4 Å². The zero-order valence-electron chi connectivity index (χ0n) is 10.8. The lowest BCUT2D eigenvalue weighted by Gasteiger charge is -2.38. The summed E-state index contributed by atoms with van der Waals surface area (Å²) in [5, 5.41) is 21.4. The van der Waals surface area contributed by atoms with Gasteiger partial charge in [-0.05, 0) is 49.3 Å². The summed E-state index contributed by atoms with van der Waals surface area (Å²) in [6.45, 7) is 2.20. The molecule has 1 atom stereocenters. The molecule has 1 aromatic rings. The molecule has 0 amide bonds. The second kappa shape index (κ2) is 5.60. The SMILES string of the molecule is CC1CCC(O)(C(O)Cc2ccc(Cl)cc2)CC1. The predicted molar refractivity (Wildman–Crippen MR) is 73.7 cm³/mol. The molecule has 1 aromatic carbocycles. The Hall–Kier alpha value is -0.570. The van der Waals surface area contributed by atoms with Crippen LogP contribution in [-0.4, -0.2) is 21.9 Å². The lowest BCUT2D eigenvalue weighted by Crippen LogP contribution is -2.46.